The SMILES string of the molecule is COC(=O)c1ccccc1Nc1ccc(NC(=O)c2ccc3c(c2)OCO3)cn1. The number of esters is 1. The number of hydrogen-bond donors (Lipinski definition) is 2. The van der Waals surface area contributed by atoms with Crippen LogP contribution in [0.5, 0.6) is 11.5 Å². The van der Waals surface area contributed by atoms with Gasteiger partial charge in [-0.1, -0.05) is 12.1 Å². The highest BCUT2D eigenvalue weighted by molar-refractivity contribution is 6.04. The van der Waals surface area contributed by atoms with Crippen molar-refractivity contribution in [2.45, 2.75) is 0 Å². The fraction of sp³-hybridized carbons (Fsp3) is 0.0952. The first kappa shape index (κ1) is 18.3. The molecule has 8 nitrogen and oxygen atoms in total. The minimum absolute atomic E-state index is 0.151. The predicted molar refractivity (Wildman–Crippen MR) is 106 cm³/mol. The van der Waals surface area contributed by atoms with Crippen molar-refractivity contribution in [3.05, 3.63) is 71.9 Å². The molecule has 3 aromatic rings. The molecule has 0 fully saturated rings. The zero-order valence-corrected chi connectivity index (χ0v) is 15.5. The number of para-hydroxylation sites is 1. The summed E-state index contributed by atoms with van der Waals surface area (Å²) in [5, 5.41) is 5.85. The molecule has 0 aliphatic carbocycles. The maximum Gasteiger partial charge on any atom is 0.339 e. The number of nitrogens with one attached hydrogen (secondary N) is 2. The minimum atomic E-state index is -0.444. The van der Waals surface area contributed by atoms with Crippen LogP contribution in [0.3, 0.4) is 0 Å². The molecular weight excluding hydrogens is 374 g/mol. The first-order valence-corrected chi connectivity index (χ1v) is 8.75. The lowest BCUT2D eigenvalue weighted by atomic mass is 10.2. The topological polar surface area (TPSA) is 98.8 Å². The Labute approximate surface area is 166 Å². The second-order valence-electron chi connectivity index (χ2n) is 6.12. The number of hydrogen-bond acceptors (Lipinski definition) is 7. The summed E-state index contributed by atoms with van der Waals surface area (Å²) in [7, 11) is 1.33. The molecule has 4 rings (SSSR count). The molecule has 146 valence electrons. The first-order chi connectivity index (χ1) is 14.1. The number of carbonyl (C=O) groups is 2. The number of nitrogens with zero attached hydrogens (tertiary/aromatic N) is 1. The van der Waals surface area contributed by atoms with Gasteiger partial charge in [-0.05, 0) is 42.5 Å². The van der Waals surface area contributed by atoms with Gasteiger partial charge in [-0.3, -0.25) is 4.79 Å². The molecule has 0 bridgehead atoms. The van der Waals surface area contributed by atoms with E-state index in [1.54, 1.807) is 54.6 Å². The standard InChI is InChI=1S/C21H17N3O5/c1-27-21(26)15-4-2-3-5-16(15)24-19-9-7-14(11-22-19)23-20(25)13-6-8-17-18(10-13)29-12-28-17/h2-11H,12H2,1H3,(H,22,24)(H,23,25). The minimum Gasteiger partial charge on any atom is -0.465 e. The van der Waals surface area contributed by atoms with Gasteiger partial charge < -0.3 is 24.8 Å². The zero-order valence-electron chi connectivity index (χ0n) is 15.5. The van der Waals surface area contributed by atoms with Gasteiger partial charge in [0.2, 0.25) is 6.79 Å². The molecule has 8 heteroatoms. The Balaban J connectivity index is 1.45. The highest BCUT2D eigenvalue weighted by Gasteiger charge is 2.16. The van der Waals surface area contributed by atoms with Crippen molar-refractivity contribution in [2.75, 3.05) is 24.5 Å². The molecule has 0 atom stereocenters. The molecule has 0 radical (unpaired) electrons. The zero-order chi connectivity index (χ0) is 20.2. The molecule has 0 unspecified atom stereocenters. The molecule has 29 heavy (non-hydrogen) atoms. The normalized spacial score (nSPS) is 11.6. The number of anilines is 3. The number of methoxy groups -OCH3 is 1. The molecule has 1 aliphatic rings. The van der Waals surface area contributed by atoms with E-state index >= 15 is 0 Å². The van der Waals surface area contributed by atoms with E-state index in [0.29, 0.717) is 39.8 Å². The van der Waals surface area contributed by atoms with Gasteiger partial charge in [-0.2, -0.15) is 0 Å². The summed E-state index contributed by atoms with van der Waals surface area (Å²) in [6.07, 6.45) is 1.52. The van der Waals surface area contributed by atoms with Gasteiger partial charge in [0.25, 0.3) is 5.91 Å². The van der Waals surface area contributed by atoms with Crippen LogP contribution >= 0.6 is 0 Å². The molecule has 1 aliphatic heterocycles. The van der Waals surface area contributed by atoms with E-state index in [9.17, 15) is 9.59 Å². The number of ether oxygens (including phenoxy) is 3. The van der Waals surface area contributed by atoms with E-state index < -0.39 is 5.97 Å². The summed E-state index contributed by atoms with van der Waals surface area (Å²) in [5.41, 5.74) is 1.95. The Bertz CT molecular complexity index is 1070. The number of carbonyl (C=O) groups excluding carboxylic acids is 2. The number of fused-ring (bicyclic) bond motifs is 1. The van der Waals surface area contributed by atoms with Gasteiger partial charge in [0, 0.05) is 5.56 Å². The van der Waals surface area contributed by atoms with Crippen molar-refractivity contribution < 1.29 is 23.8 Å². The molecule has 1 aromatic heterocycles. The van der Waals surface area contributed by atoms with Gasteiger partial charge in [-0.15, -0.1) is 0 Å². The molecule has 2 heterocycles. The fourth-order valence-corrected chi connectivity index (χ4v) is 2.80. The lowest BCUT2D eigenvalue weighted by Gasteiger charge is -2.11. The Morgan fingerprint density at radius 1 is 1.03 bits per heavy atom. The average Bonchev–Trinajstić information content (AvgIpc) is 3.23. The third-order valence-electron chi connectivity index (χ3n) is 4.25. The molecule has 0 saturated carbocycles. The molecule has 0 saturated heterocycles. The smallest absolute Gasteiger partial charge is 0.339 e. The van der Waals surface area contributed by atoms with Gasteiger partial charge in [0.05, 0.1) is 30.2 Å². The van der Waals surface area contributed by atoms with E-state index in [2.05, 4.69) is 15.6 Å². The van der Waals surface area contributed by atoms with Crippen LogP contribution in [-0.4, -0.2) is 30.8 Å². The lowest BCUT2D eigenvalue weighted by molar-refractivity contribution is 0.0601. The van der Waals surface area contributed by atoms with Gasteiger partial charge in [0.15, 0.2) is 11.5 Å². The lowest BCUT2D eigenvalue weighted by Crippen LogP contribution is -2.12. The number of amides is 1. The Morgan fingerprint density at radius 3 is 2.66 bits per heavy atom. The number of benzene rings is 2. The van der Waals surface area contributed by atoms with Gasteiger partial charge in [-0.25, -0.2) is 9.78 Å². The highest BCUT2D eigenvalue weighted by Crippen LogP contribution is 2.32. The summed E-state index contributed by atoms with van der Waals surface area (Å²) in [6.45, 7) is 0.151. The van der Waals surface area contributed by atoms with Crippen LogP contribution in [0.25, 0.3) is 0 Å². The Kier molecular flexibility index (Phi) is 4.98. The van der Waals surface area contributed by atoms with E-state index in [-0.39, 0.29) is 12.7 Å². The van der Waals surface area contributed by atoms with Crippen molar-refractivity contribution in [2.24, 2.45) is 0 Å². The second-order valence-corrected chi connectivity index (χ2v) is 6.12. The largest absolute Gasteiger partial charge is 0.465 e. The van der Waals surface area contributed by atoms with Crippen LogP contribution < -0.4 is 20.1 Å². The average molecular weight is 391 g/mol. The highest BCUT2D eigenvalue weighted by atomic mass is 16.7. The predicted octanol–water partition coefficient (Wildman–Crippen LogP) is 3.59. The quantitative estimate of drug-likeness (QED) is 0.641. The summed E-state index contributed by atoms with van der Waals surface area (Å²) in [4.78, 5) is 28.6. The van der Waals surface area contributed by atoms with E-state index in [1.165, 1.54) is 13.3 Å². The van der Waals surface area contributed by atoms with Crippen LogP contribution in [0.1, 0.15) is 20.7 Å². The maximum atomic E-state index is 12.4. The van der Waals surface area contributed by atoms with E-state index in [1.807, 2.05) is 0 Å². The van der Waals surface area contributed by atoms with Crippen molar-refractivity contribution >= 4 is 29.1 Å². The van der Waals surface area contributed by atoms with Gasteiger partial charge in [0.1, 0.15) is 5.82 Å². The Morgan fingerprint density at radius 2 is 1.86 bits per heavy atom. The summed E-state index contributed by atoms with van der Waals surface area (Å²) in [5.74, 6) is 0.940. The van der Waals surface area contributed by atoms with Crippen molar-refractivity contribution in [3.8, 4) is 11.5 Å². The summed E-state index contributed by atoms with van der Waals surface area (Å²) < 4.78 is 15.3. The number of rotatable bonds is 5. The first-order valence-electron chi connectivity index (χ1n) is 8.75. The third-order valence-corrected chi connectivity index (χ3v) is 4.25. The van der Waals surface area contributed by atoms with Crippen molar-refractivity contribution in [1.82, 2.24) is 4.98 Å². The maximum absolute atomic E-state index is 12.4. The second kappa shape index (κ2) is 7.89. The monoisotopic (exact) mass is 391 g/mol. The molecular formula is C21H17N3O5. The van der Waals surface area contributed by atoms with Crippen LogP contribution in [0.4, 0.5) is 17.2 Å². The number of aromatic nitrogens is 1. The molecule has 2 N–H and O–H groups in total. The van der Waals surface area contributed by atoms with E-state index in [0.717, 1.165) is 0 Å². The van der Waals surface area contributed by atoms with Crippen molar-refractivity contribution in [3.63, 3.8) is 0 Å². The number of pyridine rings is 1. The van der Waals surface area contributed by atoms with Crippen LogP contribution in [0, 0.1) is 0 Å². The van der Waals surface area contributed by atoms with Crippen LogP contribution in [0.15, 0.2) is 60.8 Å². The molecule has 1 amide bonds. The van der Waals surface area contributed by atoms with Crippen molar-refractivity contribution in [1.29, 1.82) is 0 Å². The van der Waals surface area contributed by atoms with E-state index in [4.69, 9.17) is 14.2 Å². The summed E-state index contributed by atoms with van der Waals surface area (Å²) >= 11 is 0. The fourth-order valence-electron chi connectivity index (χ4n) is 2.80. The van der Waals surface area contributed by atoms with Gasteiger partial charge >= 0.3 is 5.97 Å². The Hall–Kier alpha value is -4.07. The molecule has 2 aromatic carbocycles. The van der Waals surface area contributed by atoms with Crippen LogP contribution in [0.2, 0.25) is 0 Å². The summed E-state index contributed by atoms with van der Waals surface area (Å²) in [6, 6.07) is 15.4. The molecule has 0 spiro atoms. The third kappa shape index (κ3) is 3.96. The van der Waals surface area contributed by atoms with Crippen LogP contribution in [-0.2, 0) is 4.74 Å².